The quantitative estimate of drug-likeness (QED) is 0.845. The predicted molar refractivity (Wildman–Crippen MR) is 84.9 cm³/mol. The Kier molecular flexibility index (Phi) is 4.85. The van der Waals surface area contributed by atoms with Gasteiger partial charge in [0.15, 0.2) is 0 Å². The van der Waals surface area contributed by atoms with E-state index in [-0.39, 0.29) is 12.0 Å². The van der Waals surface area contributed by atoms with Crippen LogP contribution in [0.2, 0.25) is 0 Å². The molecular formula is C17H31N3O. The van der Waals surface area contributed by atoms with Crippen molar-refractivity contribution in [1.82, 2.24) is 9.80 Å². The zero-order valence-electron chi connectivity index (χ0n) is 13.5. The third-order valence-electron chi connectivity index (χ3n) is 6.15. The van der Waals surface area contributed by atoms with E-state index in [1.165, 1.54) is 25.7 Å². The molecule has 3 atom stereocenters. The van der Waals surface area contributed by atoms with E-state index in [2.05, 4.69) is 16.7 Å². The maximum Gasteiger partial charge on any atom is 0.226 e. The van der Waals surface area contributed by atoms with Gasteiger partial charge in [0.25, 0.3) is 0 Å². The minimum absolute atomic E-state index is 0.173. The van der Waals surface area contributed by atoms with Gasteiger partial charge >= 0.3 is 0 Å². The Labute approximate surface area is 129 Å². The smallest absolute Gasteiger partial charge is 0.226 e. The fourth-order valence-electron chi connectivity index (χ4n) is 4.56. The van der Waals surface area contributed by atoms with Crippen molar-refractivity contribution in [3.05, 3.63) is 0 Å². The number of carbonyl (C=O) groups is 1. The van der Waals surface area contributed by atoms with Gasteiger partial charge in [-0.3, -0.25) is 9.69 Å². The van der Waals surface area contributed by atoms with Crippen LogP contribution in [0.3, 0.4) is 0 Å². The summed E-state index contributed by atoms with van der Waals surface area (Å²) in [5, 5.41) is 0. The first-order valence-electron chi connectivity index (χ1n) is 8.95. The van der Waals surface area contributed by atoms with Crippen molar-refractivity contribution >= 4 is 5.91 Å². The van der Waals surface area contributed by atoms with Crippen LogP contribution in [0.25, 0.3) is 0 Å². The Hall–Kier alpha value is -0.610. The lowest BCUT2D eigenvalue weighted by atomic mass is 9.76. The molecule has 0 radical (unpaired) electrons. The summed E-state index contributed by atoms with van der Waals surface area (Å²) in [5.41, 5.74) is 6.16. The third-order valence-corrected chi connectivity index (χ3v) is 6.15. The molecule has 0 bridgehead atoms. The Bertz CT molecular complexity index is 359. The van der Waals surface area contributed by atoms with Crippen molar-refractivity contribution in [2.75, 3.05) is 26.2 Å². The molecule has 3 rings (SSSR count). The Morgan fingerprint density at radius 1 is 0.952 bits per heavy atom. The van der Waals surface area contributed by atoms with Crippen LogP contribution in [0.5, 0.6) is 0 Å². The molecule has 2 N–H and O–H groups in total. The number of nitrogens with two attached hydrogens (primary N) is 1. The van der Waals surface area contributed by atoms with Crippen molar-refractivity contribution in [2.45, 2.75) is 64.0 Å². The molecule has 2 aliphatic carbocycles. The average Bonchev–Trinajstić information content (AvgIpc) is 3.04. The fourth-order valence-corrected chi connectivity index (χ4v) is 4.56. The molecule has 4 nitrogen and oxygen atoms in total. The topological polar surface area (TPSA) is 49.6 Å². The van der Waals surface area contributed by atoms with Gasteiger partial charge in [-0.15, -0.1) is 0 Å². The minimum atomic E-state index is 0.173. The second-order valence-electron chi connectivity index (χ2n) is 7.36. The SMILES string of the molecule is CC1C(N)CCCC1C(=O)N1CCN(C2CCCC2)CC1. The highest BCUT2D eigenvalue weighted by atomic mass is 16.2. The van der Waals surface area contributed by atoms with Gasteiger partial charge in [-0.25, -0.2) is 0 Å². The van der Waals surface area contributed by atoms with E-state index in [4.69, 9.17) is 5.73 Å². The van der Waals surface area contributed by atoms with Gasteiger partial charge in [0.05, 0.1) is 0 Å². The van der Waals surface area contributed by atoms with Crippen molar-refractivity contribution in [1.29, 1.82) is 0 Å². The molecule has 0 aromatic heterocycles. The standard InChI is InChI=1S/C17H31N3O/c1-13-15(7-4-8-16(13)18)17(21)20-11-9-19(10-12-20)14-5-2-3-6-14/h13-16H,2-12,18H2,1H3. The second-order valence-corrected chi connectivity index (χ2v) is 7.36. The van der Waals surface area contributed by atoms with Gasteiger partial charge in [0.1, 0.15) is 0 Å². The molecule has 120 valence electrons. The summed E-state index contributed by atoms with van der Waals surface area (Å²) in [7, 11) is 0. The molecule has 0 aromatic carbocycles. The van der Waals surface area contributed by atoms with Crippen molar-refractivity contribution < 1.29 is 4.79 Å². The highest BCUT2D eigenvalue weighted by Gasteiger charge is 2.36. The number of hydrogen-bond acceptors (Lipinski definition) is 3. The van der Waals surface area contributed by atoms with Crippen LogP contribution in [0.1, 0.15) is 51.9 Å². The van der Waals surface area contributed by atoms with Crippen LogP contribution in [-0.2, 0) is 4.79 Å². The monoisotopic (exact) mass is 293 g/mol. The number of piperazine rings is 1. The Balaban J connectivity index is 1.52. The summed E-state index contributed by atoms with van der Waals surface area (Å²) in [4.78, 5) is 17.5. The predicted octanol–water partition coefficient (Wildman–Crippen LogP) is 1.84. The molecule has 4 heteroatoms. The highest BCUT2D eigenvalue weighted by Crippen LogP contribution is 2.31. The van der Waals surface area contributed by atoms with Gasteiger partial charge in [-0.05, 0) is 31.6 Å². The van der Waals surface area contributed by atoms with Crippen LogP contribution in [0.15, 0.2) is 0 Å². The van der Waals surface area contributed by atoms with E-state index in [0.717, 1.165) is 51.5 Å². The number of amides is 1. The van der Waals surface area contributed by atoms with Crippen molar-refractivity contribution in [3.8, 4) is 0 Å². The van der Waals surface area contributed by atoms with E-state index in [1.54, 1.807) is 0 Å². The number of rotatable bonds is 2. The molecule has 1 aliphatic heterocycles. The molecule has 1 saturated heterocycles. The zero-order valence-corrected chi connectivity index (χ0v) is 13.5. The summed E-state index contributed by atoms with van der Waals surface area (Å²) >= 11 is 0. The largest absolute Gasteiger partial charge is 0.340 e. The number of nitrogens with zero attached hydrogens (tertiary/aromatic N) is 2. The van der Waals surface area contributed by atoms with E-state index in [9.17, 15) is 4.79 Å². The molecule has 0 spiro atoms. The van der Waals surface area contributed by atoms with Crippen LogP contribution < -0.4 is 5.73 Å². The maximum absolute atomic E-state index is 12.8. The molecule has 21 heavy (non-hydrogen) atoms. The minimum Gasteiger partial charge on any atom is -0.340 e. The lowest BCUT2D eigenvalue weighted by molar-refractivity contribution is -0.140. The fraction of sp³-hybridized carbons (Fsp3) is 0.941. The summed E-state index contributed by atoms with van der Waals surface area (Å²) in [6.45, 7) is 6.16. The first kappa shape index (κ1) is 15.3. The van der Waals surface area contributed by atoms with Crippen LogP contribution in [-0.4, -0.2) is 54.0 Å². The van der Waals surface area contributed by atoms with E-state index >= 15 is 0 Å². The Morgan fingerprint density at radius 2 is 1.62 bits per heavy atom. The zero-order chi connectivity index (χ0) is 14.8. The highest BCUT2D eigenvalue weighted by molar-refractivity contribution is 5.79. The number of carbonyl (C=O) groups excluding carboxylic acids is 1. The van der Waals surface area contributed by atoms with Crippen LogP contribution in [0, 0.1) is 11.8 Å². The van der Waals surface area contributed by atoms with Crippen LogP contribution >= 0.6 is 0 Å². The first-order valence-corrected chi connectivity index (χ1v) is 8.95. The van der Waals surface area contributed by atoms with Gasteiger partial charge in [-0.1, -0.05) is 26.2 Å². The molecule has 3 unspecified atom stereocenters. The van der Waals surface area contributed by atoms with Gasteiger partial charge in [-0.2, -0.15) is 0 Å². The molecule has 0 aromatic rings. The van der Waals surface area contributed by atoms with E-state index in [0.29, 0.717) is 11.8 Å². The lowest BCUT2D eigenvalue weighted by Crippen LogP contribution is -2.54. The molecule has 1 amide bonds. The molecule has 1 heterocycles. The van der Waals surface area contributed by atoms with Crippen LogP contribution in [0.4, 0.5) is 0 Å². The molecule has 3 aliphatic rings. The molecule has 2 saturated carbocycles. The lowest BCUT2D eigenvalue weighted by Gasteiger charge is -2.41. The van der Waals surface area contributed by atoms with Gasteiger partial charge in [0, 0.05) is 44.2 Å². The maximum atomic E-state index is 12.8. The van der Waals surface area contributed by atoms with Gasteiger partial charge in [0.2, 0.25) is 5.91 Å². The first-order chi connectivity index (χ1) is 10.2. The molecular weight excluding hydrogens is 262 g/mol. The molecule has 3 fully saturated rings. The van der Waals surface area contributed by atoms with E-state index in [1.807, 2.05) is 0 Å². The normalized spacial score (nSPS) is 36.1. The summed E-state index contributed by atoms with van der Waals surface area (Å²) in [5.74, 6) is 0.898. The third kappa shape index (κ3) is 3.26. The summed E-state index contributed by atoms with van der Waals surface area (Å²) < 4.78 is 0. The van der Waals surface area contributed by atoms with Crippen molar-refractivity contribution in [2.24, 2.45) is 17.6 Å². The Morgan fingerprint density at radius 3 is 2.29 bits per heavy atom. The van der Waals surface area contributed by atoms with Crippen molar-refractivity contribution in [3.63, 3.8) is 0 Å². The second kappa shape index (κ2) is 6.66. The summed E-state index contributed by atoms with van der Waals surface area (Å²) in [6, 6.07) is 1.01. The van der Waals surface area contributed by atoms with E-state index < -0.39 is 0 Å². The number of hydrogen-bond donors (Lipinski definition) is 1. The van der Waals surface area contributed by atoms with Gasteiger partial charge < -0.3 is 10.6 Å². The average molecular weight is 293 g/mol. The summed E-state index contributed by atoms with van der Waals surface area (Å²) in [6.07, 6.45) is 8.74.